The van der Waals surface area contributed by atoms with Crippen molar-refractivity contribution in [3.05, 3.63) is 89.6 Å². The normalized spacial score (nSPS) is 16.7. The van der Waals surface area contributed by atoms with Gasteiger partial charge in [0.25, 0.3) is 0 Å². The zero-order chi connectivity index (χ0) is 18.2. The number of aromatic nitrogens is 4. The largest absolute Gasteiger partial charge is 0.350 e. The number of nitrogens with zero attached hydrogens (tertiary/aromatic N) is 4. The van der Waals surface area contributed by atoms with Crippen LogP contribution in [0, 0.1) is 0 Å². The first kappa shape index (κ1) is 15.8. The highest BCUT2D eigenvalue weighted by molar-refractivity contribution is 5.78. The maximum Gasteiger partial charge on any atom is 0.221 e. The SMILES string of the molecule is O=C1CC(c2cccc(Cn3cccn3)c2)c2c(nc3ccccn23)CN1. The number of fused-ring (bicyclic) bond motifs is 3. The number of benzene rings is 1. The van der Waals surface area contributed by atoms with Crippen LogP contribution >= 0.6 is 0 Å². The fourth-order valence-electron chi connectivity index (χ4n) is 3.86. The van der Waals surface area contributed by atoms with Crippen LogP contribution in [0.15, 0.2) is 67.1 Å². The van der Waals surface area contributed by atoms with E-state index in [4.69, 9.17) is 4.98 Å². The number of carbonyl (C=O) groups excluding carboxylic acids is 1. The van der Waals surface area contributed by atoms with Gasteiger partial charge < -0.3 is 9.72 Å². The van der Waals surface area contributed by atoms with E-state index in [-0.39, 0.29) is 11.8 Å². The van der Waals surface area contributed by atoms with E-state index < -0.39 is 0 Å². The minimum Gasteiger partial charge on any atom is -0.350 e. The second kappa shape index (κ2) is 6.39. The third-order valence-corrected chi connectivity index (χ3v) is 5.07. The Bertz CT molecular complexity index is 1110. The van der Waals surface area contributed by atoms with Crippen LogP contribution in [0.5, 0.6) is 0 Å². The van der Waals surface area contributed by atoms with E-state index in [1.807, 2.05) is 41.3 Å². The molecule has 0 saturated carbocycles. The molecule has 3 aromatic heterocycles. The Kier molecular flexibility index (Phi) is 3.74. The van der Waals surface area contributed by atoms with E-state index >= 15 is 0 Å². The van der Waals surface area contributed by atoms with Gasteiger partial charge in [-0.25, -0.2) is 4.98 Å². The molecule has 0 bridgehead atoms. The van der Waals surface area contributed by atoms with Crippen molar-refractivity contribution in [1.82, 2.24) is 24.5 Å². The van der Waals surface area contributed by atoms with Gasteiger partial charge in [-0.3, -0.25) is 9.48 Å². The molecule has 0 aliphatic carbocycles. The Morgan fingerprint density at radius 3 is 2.96 bits per heavy atom. The molecule has 134 valence electrons. The summed E-state index contributed by atoms with van der Waals surface area (Å²) < 4.78 is 4.01. The minimum absolute atomic E-state index is 0.0301. The number of amides is 1. The molecule has 4 aromatic rings. The summed E-state index contributed by atoms with van der Waals surface area (Å²) in [5, 5.41) is 7.27. The van der Waals surface area contributed by atoms with E-state index in [2.05, 4.69) is 39.1 Å². The zero-order valence-corrected chi connectivity index (χ0v) is 14.7. The lowest BCUT2D eigenvalue weighted by atomic mass is 9.90. The summed E-state index contributed by atoms with van der Waals surface area (Å²) in [4.78, 5) is 17.1. The molecule has 0 spiro atoms. The molecule has 0 radical (unpaired) electrons. The second-order valence-corrected chi connectivity index (χ2v) is 6.85. The van der Waals surface area contributed by atoms with Crippen molar-refractivity contribution >= 4 is 11.6 Å². The lowest BCUT2D eigenvalue weighted by molar-refractivity contribution is -0.121. The van der Waals surface area contributed by atoms with Gasteiger partial charge in [-0.15, -0.1) is 0 Å². The summed E-state index contributed by atoms with van der Waals surface area (Å²) in [6.45, 7) is 1.18. The Hall–Kier alpha value is -3.41. The van der Waals surface area contributed by atoms with Gasteiger partial charge in [0.1, 0.15) is 5.65 Å². The van der Waals surface area contributed by atoms with Gasteiger partial charge in [0.2, 0.25) is 5.91 Å². The summed E-state index contributed by atoms with van der Waals surface area (Å²) in [6.07, 6.45) is 6.18. The van der Waals surface area contributed by atoms with Gasteiger partial charge in [0.15, 0.2) is 0 Å². The quantitative estimate of drug-likeness (QED) is 0.613. The highest BCUT2D eigenvalue weighted by Gasteiger charge is 2.28. The molecule has 27 heavy (non-hydrogen) atoms. The number of rotatable bonds is 3. The van der Waals surface area contributed by atoms with Crippen LogP contribution in [0.4, 0.5) is 0 Å². The van der Waals surface area contributed by atoms with Gasteiger partial charge in [0, 0.05) is 30.9 Å². The predicted octanol–water partition coefficient (Wildman–Crippen LogP) is 2.73. The highest BCUT2D eigenvalue weighted by Crippen LogP contribution is 2.33. The molecule has 1 aliphatic heterocycles. The van der Waals surface area contributed by atoms with Crippen LogP contribution in [-0.2, 0) is 17.9 Å². The van der Waals surface area contributed by atoms with Gasteiger partial charge in [0.05, 0.1) is 24.5 Å². The van der Waals surface area contributed by atoms with Crippen molar-refractivity contribution in [1.29, 1.82) is 0 Å². The number of carbonyl (C=O) groups is 1. The standard InChI is InChI=1S/C21H19N5O/c27-20-12-17(16-6-3-5-15(11-16)14-25-9-4-8-23-25)21-18(13-22-20)24-19-7-1-2-10-26(19)21/h1-11,17H,12-14H2,(H,22,27). The molecule has 6 heteroatoms. The van der Waals surface area contributed by atoms with Gasteiger partial charge in [-0.1, -0.05) is 30.3 Å². The van der Waals surface area contributed by atoms with Gasteiger partial charge >= 0.3 is 0 Å². The number of pyridine rings is 1. The van der Waals surface area contributed by atoms with E-state index in [9.17, 15) is 4.79 Å². The Morgan fingerprint density at radius 1 is 1.11 bits per heavy atom. The van der Waals surface area contributed by atoms with E-state index in [0.717, 1.165) is 28.2 Å². The van der Waals surface area contributed by atoms with E-state index in [1.54, 1.807) is 6.20 Å². The molecule has 4 heterocycles. The van der Waals surface area contributed by atoms with E-state index in [1.165, 1.54) is 0 Å². The Balaban J connectivity index is 1.61. The van der Waals surface area contributed by atoms with Crippen molar-refractivity contribution in [2.45, 2.75) is 25.4 Å². The van der Waals surface area contributed by atoms with Crippen LogP contribution in [-0.4, -0.2) is 25.1 Å². The van der Waals surface area contributed by atoms with E-state index in [0.29, 0.717) is 19.5 Å². The molecule has 0 fully saturated rings. The third-order valence-electron chi connectivity index (χ3n) is 5.07. The van der Waals surface area contributed by atoms with Gasteiger partial charge in [-0.05, 0) is 29.3 Å². The zero-order valence-electron chi connectivity index (χ0n) is 14.7. The Morgan fingerprint density at radius 2 is 2.07 bits per heavy atom. The Labute approximate surface area is 156 Å². The molecule has 6 nitrogen and oxygen atoms in total. The van der Waals surface area contributed by atoms with Crippen LogP contribution < -0.4 is 5.32 Å². The van der Waals surface area contributed by atoms with Crippen LogP contribution in [0.25, 0.3) is 5.65 Å². The lowest BCUT2D eigenvalue weighted by Gasteiger charge is -2.17. The van der Waals surface area contributed by atoms with Crippen molar-refractivity contribution in [2.75, 3.05) is 0 Å². The fraction of sp³-hybridized carbons (Fsp3) is 0.190. The van der Waals surface area contributed by atoms with Gasteiger partial charge in [-0.2, -0.15) is 5.10 Å². The minimum atomic E-state index is -0.0301. The number of imidazole rings is 1. The fourth-order valence-corrected chi connectivity index (χ4v) is 3.86. The van der Waals surface area contributed by atoms with Crippen LogP contribution in [0.3, 0.4) is 0 Å². The van der Waals surface area contributed by atoms with Crippen molar-refractivity contribution < 1.29 is 4.79 Å². The van der Waals surface area contributed by atoms with Crippen molar-refractivity contribution in [3.8, 4) is 0 Å². The average Bonchev–Trinajstić information content (AvgIpc) is 3.28. The van der Waals surface area contributed by atoms with Crippen LogP contribution in [0.2, 0.25) is 0 Å². The first-order valence-corrected chi connectivity index (χ1v) is 9.07. The molecule has 1 N–H and O–H groups in total. The summed E-state index contributed by atoms with van der Waals surface area (Å²) in [6, 6.07) is 16.3. The first-order chi connectivity index (χ1) is 13.3. The molecule has 1 atom stereocenters. The average molecular weight is 357 g/mol. The van der Waals surface area contributed by atoms with Crippen molar-refractivity contribution in [3.63, 3.8) is 0 Å². The molecule has 1 unspecified atom stereocenters. The molecule has 0 saturated heterocycles. The smallest absolute Gasteiger partial charge is 0.221 e. The third kappa shape index (κ3) is 2.89. The molecule has 5 rings (SSSR count). The second-order valence-electron chi connectivity index (χ2n) is 6.85. The van der Waals surface area contributed by atoms with Crippen LogP contribution in [0.1, 0.15) is 34.9 Å². The molecular weight excluding hydrogens is 338 g/mol. The lowest BCUT2D eigenvalue weighted by Crippen LogP contribution is -2.21. The number of hydrogen-bond donors (Lipinski definition) is 1. The first-order valence-electron chi connectivity index (χ1n) is 9.07. The topological polar surface area (TPSA) is 64.2 Å². The highest BCUT2D eigenvalue weighted by atomic mass is 16.1. The summed E-state index contributed by atoms with van der Waals surface area (Å²) in [5.74, 6) is 0.0256. The number of hydrogen-bond acceptors (Lipinski definition) is 3. The summed E-state index contributed by atoms with van der Waals surface area (Å²) in [7, 11) is 0. The maximum atomic E-state index is 12.3. The molecule has 1 amide bonds. The maximum absolute atomic E-state index is 12.3. The predicted molar refractivity (Wildman–Crippen MR) is 101 cm³/mol. The molecule has 1 aliphatic rings. The summed E-state index contributed by atoms with van der Waals surface area (Å²) >= 11 is 0. The molecular formula is C21H19N5O. The molecule has 1 aromatic carbocycles. The summed E-state index contributed by atoms with van der Waals surface area (Å²) in [5.41, 5.74) is 5.24. The van der Waals surface area contributed by atoms with Crippen molar-refractivity contribution in [2.24, 2.45) is 0 Å². The monoisotopic (exact) mass is 357 g/mol. The number of nitrogens with one attached hydrogen (secondary N) is 1.